The maximum absolute atomic E-state index is 12.9. The number of hydrogen-bond donors (Lipinski definition) is 4. The summed E-state index contributed by atoms with van der Waals surface area (Å²) in [5.41, 5.74) is 6.04. The third-order valence-electron chi connectivity index (χ3n) is 5.17. The van der Waals surface area contributed by atoms with Gasteiger partial charge in [0.05, 0.1) is 0 Å². The van der Waals surface area contributed by atoms with Gasteiger partial charge in [0.2, 0.25) is 0 Å². The Morgan fingerprint density at radius 3 is 2.41 bits per heavy atom. The van der Waals surface area contributed by atoms with Crippen molar-refractivity contribution < 1.29 is 52.1 Å². The lowest BCUT2D eigenvalue weighted by atomic mass is 10.0. The Kier molecular flexibility index (Phi) is 10.2. The number of thiazole rings is 1. The highest BCUT2D eigenvalue weighted by atomic mass is 79.9. The molecule has 4 rings (SSSR count). The lowest BCUT2D eigenvalue weighted by Gasteiger charge is -2.49. The number of hydrogen-bond acceptors (Lipinski definition) is 11. The molecule has 1 aromatic carbocycles. The highest BCUT2D eigenvalue weighted by Crippen LogP contribution is 2.40. The molecule has 13 nitrogen and oxygen atoms in total. The number of alkyl halides is 3. The number of oxime groups is 1. The average molecular weight is 682 g/mol. The number of ether oxygens (including phenoxy) is 1. The van der Waals surface area contributed by atoms with Crippen molar-refractivity contribution in [3.05, 3.63) is 51.1 Å². The Morgan fingerprint density at radius 1 is 1.27 bits per heavy atom. The van der Waals surface area contributed by atoms with Crippen molar-refractivity contribution in [3.8, 4) is 5.75 Å². The topological polar surface area (TPSA) is 194 Å². The number of nitrogens with one attached hydrogen (secondary N) is 1. The molecule has 41 heavy (non-hydrogen) atoms. The van der Waals surface area contributed by atoms with E-state index in [0.29, 0.717) is 17.1 Å². The number of rotatable bonds is 8. The fraction of sp³-hybridized carbons (Fsp3) is 0.273. The van der Waals surface area contributed by atoms with E-state index in [4.69, 9.17) is 25.2 Å². The van der Waals surface area contributed by atoms with E-state index in [1.807, 2.05) is 0 Å². The van der Waals surface area contributed by atoms with Crippen LogP contribution in [-0.4, -0.2) is 86.6 Å². The zero-order valence-corrected chi connectivity index (χ0v) is 23.8. The Morgan fingerprint density at radius 2 is 1.90 bits per heavy atom. The number of aromatic nitrogens is 1. The summed E-state index contributed by atoms with van der Waals surface area (Å²) in [6.07, 6.45) is -5.08. The van der Waals surface area contributed by atoms with E-state index >= 15 is 0 Å². The van der Waals surface area contributed by atoms with Gasteiger partial charge in [0.15, 0.2) is 10.8 Å². The summed E-state index contributed by atoms with van der Waals surface area (Å²) < 4.78 is 38.3. The van der Waals surface area contributed by atoms with Gasteiger partial charge in [-0.25, -0.2) is 14.6 Å². The molecule has 1 saturated heterocycles. The van der Waals surface area contributed by atoms with Crippen LogP contribution in [0.4, 0.5) is 18.3 Å². The van der Waals surface area contributed by atoms with Crippen LogP contribution >= 0.6 is 39.0 Å². The Balaban J connectivity index is 0.000000587. The van der Waals surface area contributed by atoms with Crippen LogP contribution in [0.5, 0.6) is 5.75 Å². The fourth-order valence-electron chi connectivity index (χ4n) is 3.40. The molecule has 0 aliphatic carbocycles. The lowest BCUT2D eigenvalue weighted by Crippen LogP contribution is -2.71. The molecule has 2 aliphatic rings. The molecule has 1 fully saturated rings. The first kappa shape index (κ1) is 31.7. The second kappa shape index (κ2) is 13.2. The van der Waals surface area contributed by atoms with Crippen LogP contribution in [-0.2, 0) is 24.0 Å². The molecular weight excluding hydrogens is 663 g/mol. The predicted molar refractivity (Wildman–Crippen MR) is 143 cm³/mol. The van der Waals surface area contributed by atoms with Crippen LogP contribution in [0.15, 0.2) is 50.5 Å². The van der Waals surface area contributed by atoms with Crippen LogP contribution in [0.25, 0.3) is 0 Å². The molecule has 2 aliphatic heterocycles. The van der Waals surface area contributed by atoms with E-state index in [9.17, 15) is 32.7 Å². The number of halogens is 4. The van der Waals surface area contributed by atoms with E-state index in [2.05, 4.69) is 31.4 Å². The first-order valence-electron chi connectivity index (χ1n) is 11.0. The summed E-state index contributed by atoms with van der Waals surface area (Å²) in [5.74, 6) is -4.33. The third kappa shape index (κ3) is 7.67. The number of aliphatic carboxylic acids is 2. The number of nitrogens with zero attached hydrogens (tertiary/aromatic N) is 3. The first-order valence-corrected chi connectivity index (χ1v) is 13.7. The molecular formula is C22H19BrF3N5O8S2. The second-order valence-electron chi connectivity index (χ2n) is 7.86. The van der Waals surface area contributed by atoms with E-state index < -0.39 is 41.3 Å². The number of anilines is 1. The quantitative estimate of drug-likeness (QED) is 0.181. The van der Waals surface area contributed by atoms with E-state index in [-0.39, 0.29) is 28.8 Å². The molecule has 2 amide bonds. The van der Waals surface area contributed by atoms with Crippen molar-refractivity contribution >= 4 is 73.6 Å². The second-order valence-corrected chi connectivity index (χ2v) is 10.8. The van der Waals surface area contributed by atoms with Gasteiger partial charge < -0.3 is 30.8 Å². The van der Waals surface area contributed by atoms with Crippen LogP contribution in [0.2, 0.25) is 0 Å². The summed E-state index contributed by atoms with van der Waals surface area (Å²) in [5, 5.41) is 24.4. The standard InChI is InChI=1S/C20H18BrN5O6S2.C2HF3O2/c1-31-25-13(12-8-34-20(22)23-12)16(27)24-14-17(28)26-15(19(29)30)9(7-33-18(14)26)6-32-11-4-2-10(21)3-5-11;3-2(4,5)1(6)7/h2-5,8,14,18H,6-7H2,1H3,(H2,22,23)(H,24,27)(H,29,30);(H,6,7)/t14?,18-;/m0./s1. The molecule has 0 saturated carbocycles. The number of fused-ring (bicyclic) bond motifs is 1. The molecule has 0 bridgehead atoms. The summed E-state index contributed by atoms with van der Waals surface area (Å²) in [7, 11) is 1.28. The van der Waals surface area contributed by atoms with Gasteiger partial charge in [-0.2, -0.15) is 13.2 Å². The zero-order chi connectivity index (χ0) is 30.5. The van der Waals surface area contributed by atoms with Crippen molar-refractivity contribution in [2.45, 2.75) is 17.6 Å². The molecule has 2 atom stereocenters. The molecule has 0 radical (unpaired) electrons. The minimum absolute atomic E-state index is 0.0136. The SMILES string of the molecule is CON=C(C(=O)NC1C(=O)N2C(C(=O)O)=C(COc3ccc(Br)cc3)CS[C@@H]12)c1csc(N)n1.O=C(O)C(F)(F)F. The number of carbonyl (C=O) groups is 4. The number of carboxylic acid groups (broad SMARTS) is 2. The van der Waals surface area contributed by atoms with Gasteiger partial charge in [-0.05, 0) is 24.3 Å². The number of amides is 2. The van der Waals surface area contributed by atoms with Gasteiger partial charge >= 0.3 is 18.1 Å². The number of nitrogens with two attached hydrogens (primary N) is 1. The highest BCUT2D eigenvalue weighted by Gasteiger charge is 2.54. The Hall–Kier alpha value is -3.84. The van der Waals surface area contributed by atoms with Crippen LogP contribution < -0.4 is 15.8 Å². The van der Waals surface area contributed by atoms with Gasteiger partial charge in [0, 0.05) is 21.2 Å². The number of thioether (sulfide) groups is 1. The number of nitrogen functional groups attached to an aromatic ring is 1. The van der Waals surface area contributed by atoms with Crippen molar-refractivity contribution in [1.29, 1.82) is 0 Å². The lowest BCUT2D eigenvalue weighted by molar-refractivity contribution is -0.192. The molecule has 19 heteroatoms. The minimum atomic E-state index is -5.08. The van der Waals surface area contributed by atoms with Crippen LogP contribution in [0, 0.1) is 0 Å². The zero-order valence-electron chi connectivity index (χ0n) is 20.5. The van der Waals surface area contributed by atoms with Gasteiger partial charge in [-0.15, -0.1) is 23.1 Å². The van der Waals surface area contributed by atoms with Crippen LogP contribution in [0.3, 0.4) is 0 Å². The van der Waals surface area contributed by atoms with E-state index in [1.165, 1.54) is 23.8 Å². The molecule has 3 heterocycles. The summed E-state index contributed by atoms with van der Waals surface area (Å²) in [4.78, 5) is 56.5. The molecule has 2 aromatic rings. The molecule has 5 N–H and O–H groups in total. The van der Waals surface area contributed by atoms with Gasteiger partial charge in [-0.3, -0.25) is 14.5 Å². The number of carboxylic acids is 2. The minimum Gasteiger partial charge on any atom is -0.489 e. The maximum atomic E-state index is 12.9. The molecule has 220 valence electrons. The largest absolute Gasteiger partial charge is 0.490 e. The number of benzene rings is 1. The Labute approximate surface area is 245 Å². The molecule has 0 spiro atoms. The van der Waals surface area contributed by atoms with E-state index in [0.717, 1.165) is 15.8 Å². The van der Waals surface area contributed by atoms with Gasteiger partial charge in [0.1, 0.15) is 42.3 Å². The van der Waals surface area contributed by atoms with Crippen molar-refractivity contribution in [3.63, 3.8) is 0 Å². The number of β-lactam (4-membered cyclic amide) rings is 1. The maximum Gasteiger partial charge on any atom is 0.490 e. The molecule has 1 aromatic heterocycles. The summed E-state index contributed by atoms with van der Waals surface area (Å²) in [6.45, 7) is 0.0136. The van der Waals surface area contributed by atoms with Crippen molar-refractivity contribution in [2.75, 3.05) is 25.2 Å². The smallest absolute Gasteiger partial charge is 0.489 e. The summed E-state index contributed by atoms with van der Waals surface area (Å²) in [6, 6.07) is 6.18. The van der Waals surface area contributed by atoms with E-state index in [1.54, 1.807) is 29.6 Å². The average Bonchev–Trinajstić information content (AvgIpc) is 3.34. The monoisotopic (exact) mass is 681 g/mol. The number of carbonyl (C=O) groups excluding carboxylic acids is 2. The summed E-state index contributed by atoms with van der Waals surface area (Å²) >= 11 is 5.80. The molecule has 1 unspecified atom stereocenters. The van der Waals surface area contributed by atoms with Crippen molar-refractivity contribution in [1.82, 2.24) is 15.2 Å². The fourth-order valence-corrected chi connectivity index (χ4v) is 5.54. The first-order chi connectivity index (χ1) is 19.2. The van der Waals surface area contributed by atoms with Gasteiger partial charge in [-0.1, -0.05) is 21.1 Å². The highest BCUT2D eigenvalue weighted by molar-refractivity contribution is 9.10. The van der Waals surface area contributed by atoms with Crippen molar-refractivity contribution in [2.24, 2.45) is 5.16 Å². The predicted octanol–water partition coefficient (Wildman–Crippen LogP) is 2.29. The van der Waals surface area contributed by atoms with Crippen LogP contribution in [0.1, 0.15) is 5.69 Å². The Bertz CT molecular complexity index is 1400. The normalized spacial score (nSPS) is 18.4. The van der Waals surface area contributed by atoms with Gasteiger partial charge in [0.25, 0.3) is 11.8 Å². The third-order valence-corrected chi connectivity index (χ3v) is 7.71.